The molecule has 1 nitrogen and oxygen atoms in total. The van der Waals surface area contributed by atoms with E-state index in [0.717, 1.165) is 12.8 Å². The second kappa shape index (κ2) is 3.19. The van der Waals surface area contributed by atoms with Gasteiger partial charge in [0, 0.05) is 0 Å². The van der Waals surface area contributed by atoms with Crippen LogP contribution in [0.5, 0.6) is 0 Å². The summed E-state index contributed by atoms with van der Waals surface area (Å²) in [6.07, 6.45) is 6.44. The monoisotopic (exact) mass is 143 g/mol. The van der Waals surface area contributed by atoms with Gasteiger partial charge in [-0.1, -0.05) is 0 Å². The first kappa shape index (κ1) is 9.13. The molecular weight excluding hydrogens is 129 g/mol. The van der Waals surface area contributed by atoms with Gasteiger partial charge in [0.1, 0.15) is 0 Å². The molecule has 0 aromatic carbocycles. The first-order valence-corrected chi connectivity index (χ1v) is 4.23. The standard InChI is InChI=1S/C9H14N.Li/c1-3-9(2,10)8-6-4-5-7-8;/h4,6H,3,5,10H2,1-2H3;. The second-order valence-corrected chi connectivity index (χ2v) is 3.57. The van der Waals surface area contributed by atoms with Crippen LogP contribution in [-0.4, -0.2) is 23.3 Å². The summed E-state index contributed by atoms with van der Waals surface area (Å²) >= 11 is 2.16. The van der Waals surface area contributed by atoms with Crippen molar-refractivity contribution in [3.63, 3.8) is 0 Å². The van der Waals surface area contributed by atoms with Gasteiger partial charge in [0.05, 0.1) is 0 Å². The van der Waals surface area contributed by atoms with E-state index in [9.17, 15) is 0 Å². The van der Waals surface area contributed by atoms with Gasteiger partial charge in [0.25, 0.3) is 0 Å². The summed E-state index contributed by atoms with van der Waals surface area (Å²) in [4.78, 5) is 0. The molecule has 2 N–H and O–H groups in total. The second-order valence-electron chi connectivity index (χ2n) is 3.57. The van der Waals surface area contributed by atoms with Crippen LogP contribution in [0.3, 0.4) is 0 Å². The van der Waals surface area contributed by atoms with E-state index in [-0.39, 0.29) is 5.54 Å². The van der Waals surface area contributed by atoms with Crippen LogP contribution in [0.15, 0.2) is 22.0 Å². The van der Waals surface area contributed by atoms with Crippen LogP contribution in [0, 0.1) is 0 Å². The molecular formula is C9H14LiN. The van der Waals surface area contributed by atoms with Gasteiger partial charge in [-0.05, 0) is 0 Å². The molecule has 56 valence electrons. The zero-order chi connectivity index (χ0) is 8.48. The van der Waals surface area contributed by atoms with Crippen LogP contribution < -0.4 is 5.73 Å². The van der Waals surface area contributed by atoms with Crippen molar-refractivity contribution in [3.8, 4) is 0 Å². The molecule has 1 rings (SSSR count). The van der Waals surface area contributed by atoms with E-state index < -0.39 is 0 Å². The normalized spacial score (nSPS) is 22.6. The van der Waals surface area contributed by atoms with Crippen LogP contribution in [0.1, 0.15) is 26.7 Å². The van der Waals surface area contributed by atoms with Crippen LogP contribution in [0.4, 0.5) is 0 Å². The van der Waals surface area contributed by atoms with Crippen LogP contribution in [0.2, 0.25) is 0 Å². The van der Waals surface area contributed by atoms with Gasteiger partial charge in [-0.2, -0.15) is 0 Å². The van der Waals surface area contributed by atoms with Gasteiger partial charge in [-0.25, -0.2) is 0 Å². The fraction of sp³-hybridized carbons (Fsp3) is 0.556. The predicted octanol–water partition coefficient (Wildman–Crippen LogP) is 1.50. The Morgan fingerprint density at radius 3 is 2.73 bits per heavy atom. The molecule has 1 aliphatic rings. The molecule has 0 bridgehead atoms. The molecule has 0 heterocycles. The predicted molar refractivity (Wildman–Crippen MR) is 49.4 cm³/mol. The molecule has 0 aromatic rings. The molecule has 0 aromatic heterocycles. The Morgan fingerprint density at radius 1 is 1.73 bits per heavy atom. The van der Waals surface area contributed by atoms with Crippen molar-refractivity contribution in [1.29, 1.82) is 0 Å². The average Bonchev–Trinajstić information content (AvgIpc) is 2.36. The molecule has 11 heavy (non-hydrogen) atoms. The van der Waals surface area contributed by atoms with Crippen molar-refractivity contribution in [1.82, 2.24) is 0 Å². The van der Waals surface area contributed by atoms with Gasteiger partial charge < -0.3 is 0 Å². The van der Waals surface area contributed by atoms with E-state index in [1.165, 1.54) is 9.82 Å². The quantitative estimate of drug-likeness (QED) is 0.582. The molecule has 0 saturated carbocycles. The molecule has 0 fully saturated rings. The van der Waals surface area contributed by atoms with E-state index >= 15 is 0 Å². The minimum atomic E-state index is -0.114. The van der Waals surface area contributed by atoms with Gasteiger partial charge in [0.15, 0.2) is 0 Å². The number of rotatable bonds is 2. The minimum absolute atomic E-state index is 0.114. The Bertz CT molecular complexity index is 214. The summed E-state index contributed by atoms with van der Waals surface area (Å²) in [6, 6.07) is 0. The van der Waals surface area contributed by atoms with Gasteiger partial charge >= 0.3 is 77.6 Å². The van der Waals surface area contributed by atoms with Crippen molar-refractivity contribution in [2.24, 2.45) is 5.73 Å². The molecule has 0 spiro atoms. The van der Waals surface area contributed by atoms with Crippen LogP contribution in [0.25, 0.3) is 0 Å². The van der Waals surface area contributed by atoms with Gasteiger partial charge in [0.2, 0.25) is 0 Å². The number of nitrogens with two attached hydrogens (primary N) is 1. The molecule has 1 atom stereocenters. The summed E-state index contributed by atoms with van der Waals surface area (Å²) in [5, 5.41) is 0. The summed E-state index contributed by atoms with van der Waals surface area (Å²) in [5.41, 5.74) is 7.32. The molecule has 1 unspecified atom stereocenters. The molecule has 0 aliphatic heterocycles. The Balaban J connectivity index is 2.89. The van der Waals surface area contributed by atoms with Crippen molar-refractivity contribution < 1.29 is 0 Å². The third-order valence-electron chi connectivity index (χ3n) is 2.52. The summed E-state index contributed by atoms with van der Waals surface area (Å²) in [6.45, 7) is 4.23. The SMILES string of the molecule is [Li][C]1=C(C(C)(N)CC)C=CC1. The summed E-state index contributed by atoms with van der Waals surface area (Å²) in [7, 11) is 0. The van der Waals surface area contributed by atoms with Gasteiger partial charge in [-0.15, -0.1) is 0 Å². The zero-order valence-corrected chi connectivity index (χ0v) is 7.65. The van der Waals surface area contributed by atoms with Crippen molar-refractivity contribution in [2.45, 2.75) is 32.2 Å². The van der Waals surface area contributed by atoms with Gasteiger partial charge in [-0.3, -0.25) is 0 Å². The van der Waals surface area contributed by atoms with Crippen LogP contribution >= 0.6 is 0 Å². The van der Waals surface area contributed by atoms with E-state index in [4.69, 9.17) is 5.73 Å². The molecule has 0 amide bonds. The van der Waals surface area contributed by atoms with E-state index in [1.807, 2.05) is 0 Å². The van der Waals surface area contributed by atoms with E-state index in [2.05, 4.69) is 43.7 Å². The first-order chi connectivity index (χ1) is 5.08. The number of hydrogen-bond acceptors (Lipinski definition) is 1. The third-order valence-corrected chi connectivity index (χ3v) is 2.52. The third kappa shape index (κ3) is 1.79. The Hall–Kier alpha value is 0.0374. The molecule has 2 heteroatoms. The summed E-state index contributed by atoms with van der Waals surface area (Å²) < 4.78 is 1.43. The van der Waals surface area contributed by atoms with Crippen LogP contribution in [-0.2, 0) is 0 Å². The number of allylic oxidation sites excluding steroid dienone is 2. The molecule has 1 aliphatic carbocycles. The fourth-order valence-electron chi connectivity index (χ4n) is 1.47. The Labute approximate surface area is 77.9 Å². The topological polar surface area (TPSA) is 26.0 Å². The first-order valence-electron chi connectivity index (χ1n) is 4.23. The average molecular weight is 143 g/mol. The van der Waals surface area contributed by atoms with Crippen molar-refractivity contribution in [2.75, 3.05) is 0 Å². The Morgan fingerprint density at radius 2 is 2.36 bits per heavy atom. The molecule has 0 radical (unpaired) electrons. The maximum atomic E-state index is 6.10. The van der Waals surface area contributed by atoms with Crippen molar-refractivity contribution in [3.05, 3.63) is 22.0 Å². The fourth-order valence-corrected chi connectivity index (χ4v) is 1.47. The maximum absolute atomic E-state index is 6.10. The van der Waals surface area contributed by atoms with Crippen molar-refractivity contribution >= 4 is 17.7 Å². The van der Waals surface area contributed by atoms with E-state index in [0.29, 0.717) is 0 Å². The summed E-state index contributed by atoms with van der Waals surface area (Å²) in [5.74, 6) is 0. The number of hydrogen-bond donors (Lipinski definition) is 1. The zero-order valence-electron chi connectivity index (χ0n) is 7.65. The molecule has 0 saturated heterocycles. The Kier molecular flexibility index (Phi) is 2.64. The van der Waals surface area contributed by atoms with E-state index in [1.54, 1.807) is 0 Å².